The summed E-state index contributed by atoms with van der Waals surface area (Å²) in [6.45, 7) is 2.25. The van der Waals surface area contributed by atoms with Crippen molar-refractivity contribution < 1.29 is 28.6 Å². The van der Waals surface area contributed by atoms with E-state index < -0.39 is 31.1 Å². The average Bonchev–Trinajstić information content (AvgIpc) is 2.17. The highest BCUT2D eigenvalue weighted by Gasteiger charge is 2.11. The molecule has 0 aromatic carbocycles. The lowest BCUT2D eigenvalue weighted by Gasteiger charge is -2.04. The average molecular weight is 217 g/mol. The summed E-state index contributed by atoms with van der Waals surface area (Å²) in [5, 5.41) is 0. The number of carbonyl (C=O) groups is 3. The van der Waals surface area contributed by atoms with E-state index in [0.29, 0.717) is 0 Å². The molecule has 15 heavy (non-hydrogen) atoms. The fraction of sp³-hybridized carbons (Fsp3) is 0.375. The lowest BCUT2D eigenvalue weighted by molar-refractivity contribution is -0.166. The maximum atomic E-state index is 10.8. The monoisotopic (exact) mass is 217 g/mol. The second-order valence-electron chi connectivity index (χ2n) is 2.16. The van der Waals surface area contributed by atoms with Crippen molar-refractivity contribution in [2.45, 2.75) is 6.42 Å². The highest BCUT2D eigenvalue weighted by Crippen LogP contribution is 1.91. The quantitative estimate of drug-likeness (QED) is 0.265. The summed E-state index contributed by atoms with van der Waals surface area (Å²) in [4.78, 5) is 32.0. The summed E-state index contributed by atoms with van der Waals surface area (Å²) < 4.78 is 13.0. The molecule has 0 aromatic rings. The van der Waals surface area contributed by atoms with Crippen molar-refractivity contribution in [1.82, 2.24) is 0 Å². The molecule has 0 spiro atoms. The van der Waals surface area contributed by atoms with Gasteiger partial charge >= 0.3 is 17.9 Å². The Bertz CT molecular complexity index is 262. The second-order valence-corrected chi connectivity index (χ2v) is 2.16. The molecule has 7 nitrogen and oxygen atoms in total. The molecule has 0 rings (SSSR count). The summed E-state index contributed by atoms with van der Waals surface area (Å²) in [7, 11) is 0. The first kappa shape index (κ1) is 13.1. The van der Waals surface area contributed by atoms with Crippen molar-refractivity contribution in [2.24, 2.45) is 5.73 Å². The lowest BCUT2D eigenvalue weighted by Crippen LogP contribution is -2.18. The van der Waals surface area contributed by atoms with E-state index in [0.717, 1.165) is 6.08 Å². The molecule has 0 aromatic heterocycles. The molecule has 0 saturated carbocycles. The molecule has 0 saturated heterocycles. The molecule has 2 N–H and O–H groups in total. The zero-order chi connectivity index (χ0) is 11.7. The number of ether oxygens (including phenoxy) is 3. The van der Waals surface area contributed by atoms with Gasteiger partial charge in [-0.2, -0.15) is 0 Å². The maximum Gasteiger partial charge on any atom is 0.333 e. The Kier molecular flexibility index (Phi) is 6.56. The van der Waals surface area contributed by atoms with Crippen molar-refractivity contribution in [3.8, 4) is 0 Å². The fourth-order valence-electron chi connectivity index (χ4n) is 0.525. The molecular formula is C8H11NO6. The van der Waals surface area contributed by atoms with Crippen LogP contribution in [0.3, 0.4) is 0 Å². The molecule has 0 aliphatic carbocycles. The number of hydrogen-bond donors (Lipinski definition) is 1. The zero-order valence-electron chi connectivity index (χ0n) is 7.93. The Morgan fingerprint density at radius 1 is 1.13 bits per heavy atom. The Hall–Kier alpha value is -1.89. The molecule has 0 radical (unpaired) electrons. The Morgan fingerprint density at radius 3 is 2.27 bits per heavy atom. The minimum absolute atomic E-state index is 0.308. The van der Waals surface area contributed by atoms with Gasteiger partial charge in [0.25, 0.3) is 0 Å². The van der Waals surface area contributed by atoms with Gasteiger partial charge in [-0.15, -0.1) is 0 Å². The number of carbonyl (C=O) groups excluding carboxylic acids is 3. The van der Waals surface area contributed by atoms with Gasteiger partial charge in [0.05, 0.1) is 0 Å². The van der Waals surface area contributed by atoms with Crippen LogP contribution in [0.15, 0.2) is 12.7 Å². The zero-order valence-corrected chi connectivity index (χ0v) is 7.93. The van der Waals surface area contributed by atoms with E-state index in [1.165, 1.54) is 0 Å². The van der Waals surface area contributed by atoms with Gasteiger partial charge in [-0.1, -0.05) is 6.58 Å². The number of nitrogens with two attached hydrogens (primary N) is 1. The van der Waals surface area contributed by atoms with Crippen molar-refractivity contribution in [2.75, 3.05) is 13.5 Å². The van der Waals surface area contributed by atoms with Crippen molar-refractivity contribution in [3.05, 3.63) is 12.7 Å². The Balaban J connectivity index is 3.61. The van der Waals surface area contributed by atoms with E-state index in [2.05, 4.69) is 20.8 Å². The predicted octanol–water partition coefficient (Wildman–Crippen LogP) is -0.934. The van der Waals surface area contributed by atoms with Crippen molar-refractivity contribution >= 4 is 17.9 Å². The Labute approximate surface area is 85.8 Å². The van der Waals surface area contributed by atoms with Gasteiger partial charge in [-0.05, 0) is 0 Å². The van der Waals surface area contributed by atoms with E-state index in [4.69, 9.17) is 5.73 Å². The minimum atomic E-state index is -0.870. The first-order chi connectivity index (χ1) is 7.10. The van der Waals surface area contributed by atoms with Crippen molar-refractivity contribution in [3.63, 3.8) is 0 Å². The maximum absolute atomic E-state index is 10.8. The molecule has 84 valence electrons. The highest BCUT2D eigenvalue weighted by molar-refractivity contribution is 5.91. The largest absolute Gasteiger partial charge is 0.450 e. The molecule has 7 heteroatoms. The molecule has 0 heterocycles. The van der Waals surface area contributed by atoms with Crippen LogP contribution in [0.2, 0.25) is 0 Å². The summed E-state index contributed by atoms with van der Waals surface area (Å²) >= 11 is 0. The van der Waals surface area contributed by atoms with E-state index >= 15 is 0 Å². The number of hydrogen-bond acceptors (Lipinski definition) is 7. The molecule has 0 aliphatic rings. The number of rotatable bonds is 6. The normalized spacial score (nSPS) is 8.87. The van der Waals surface area contributed by atoms with Crippen LogP contribution < -0.4 is 5.73 Å². The smallest absolute Gasteiger partial charge is 0.333 e. The van der Waals surface area contributed by atoms with E-state index in [1.54, 1.807) is 0 Å². The topological polar surface area (TPSA) is 105 Å². The van der Waals surface area contributed by atoms with Crippen LogP contribution in [0.4, 0.5) is 0 Å². The number of esters is 3. The first-order valence-corrected chi connectivity index (χ1v) is 3.90. The second kappa shape index (κ2) is 7.51. The van der Waals surface area contributed by atoms with E-state index in [-0.39, 0.29) is 6.73 Å². The van der Waals surface area contributed by atoms with Crippen molar-refractivity contribution in [1.29, 1.82) is 0 Å². The Morgan fingerprint density at radius 2 is 1.73 bits per heavy atom. The fourth-order valence-corrected chi connectivity index (χ4v) is 0.525. The van der Waals surface area contributed by atoms with Gasteiger partial charge in [0.1, 0.15) is 13.2 Å². The summed E-state index contributed by atoms with van der Waals surface area (Å²) in [5.74, 6) is -2.41. The van der Waals surface area contributed by atoms with E-state index in [9.17, 15) is 14.4 Å². The summed E-state index contributed by atoms with van der Waals surface area (Å²) in [5.41, 5.74) is 4.89. The first-order valence-electron chi connectivity index (χ1n) is 3.90. The van der Waals surface area contributed by atoms with Gasteiger partial charge in [-0.3, -0.25) is 15.3 Å². The van der Waals surface area contributed by atoms with E-state index in [1.807, 2.05) is 0 Å². The van der Waals surface area contributed by atoms with Gasteiger partial charge < -0.3 is 14.2 Å². The summed E-state index contributed by atoms with van der Waals surface area (Å²) in [6, 6.07) is 0. The van der Waals surface area contributed by atoms with Crippen LogP contribution >= 0.6 is 0 Å². The summed E-state index contributed by atoms with van der Waals surface area (Å²) in [6.07, 6.45) is 0.333. The third kappa shape index (κ3) is 7.20. The molecule has 0 unspecified atom stereocenters. The molecule has 0 bridgehead atoms. The van der Waals surface area contributed by atoms with Gasteiger partial charge in [0.15, 0.2) is 0 Å². The SMILES string of the molecule is C=CC(=O)OCOC(=O)CC(=O)OCN. The van der Waals surface area contributed by atoms with Crippen LogP contribution in [0.25, 0.3) is 0 Å². The highest BCUT2D eigenvalue weighted by atomic mass is 16.7. The van der Waals surface area contributed by atoms with Gasteiger partial charge in [0.2, 0.25) is 6.79 Å². The molecular weight excluding hydrogens is 206 g/mol. The third-order valence-corrected chi connectivity index (χ3v) is 1.12. The predicted molar refractivity (Wildman–Crippen MR) is 47.0 cm³/mol. The standard InChI is InChI=1S/C8H11NO6/c1-2-6(10)14-5-15-8(12)3-7(11)13-4-9/h2H,1,3-5,9H2. The minimum Gasteiger partial charge on any atom is -0.450 e. The third-order valence-electron chi connectivity index (χ3n) is 1.12. The molecule has 0 amide bonds. The van der Waals surface area contributed by atoms with Crippen LogP contribution in [-0.4, -0.2) is 31.4 Å². The molecule has 0 atom stereocenters. The molecule has 0 fully saturated rings. The van der Waals surface area contributed by atoms with Gasteiger partial charge in [-0.25, -0.2) is 4.79 Å². The lowest BCUT2D eigenvalue weighted by atomic mass is 10.4. The van der Waals surface area contributed by atoms with Crippen LogP contribution in [0.1, 0.15) is 6.42 Å². The van der Waals surface area contributed by atoms with Crippen LogP contribution in [-0.2, 0) is 28.6 Å². The van der Waals surface area contributed by atoms with Crippen LogP contribution in [0.5, 0.6) is 0 Å². The van der Waals surface area contributed by atoms with Gasteiger partial charge in [0, 0.05) is 6.08 Å². The molecule has 0 aliphatic heterocycles. The van der Waals surface area contributed by atoms with Crippen LogP contribution in [0, 0.1) is 0 Å².